The highest BCUT2D eigenvalue weighted by atomic mass is 35.5. The number of nitrogens with one attached hydrogen (secondary N) is 1. The average molecular weight is 214 g/mol. The summed E-state index contributed by atoms with van der Waals surface area (Å²) in [6, 6.07) is 1.68. The molecule has 0 unspecified atom stereocenters. The lowest BCUT2D eigenvalue weighted by Crippen LogP contribution is -2.38. The Labute approximate surface area is 87.7 Å². The number of likely N-dealkylation sites (N-methyl/N-ethyl adjacent to an activating group) is 1. The molecule has 4 nitrogen and oxygen atoms in total. The van der Waals surface area contributed by atoms with E-state index in [2.05, 4.69) is 15.3 Å². The molecule has 0 aliphatic carbocycles. The van der Waals surface area contributed by atoms with Crippen molar-refractivity contribution in [3.8, 4) is 0 Å². The zero-order valence-corrected chi connectivity index (χ0v) is 9.09. The smallest absolute Gasteiger partial charge is 0.231 e. The van der Waals surface area contributed by atoms with Gasteiger partial charge in [-0.1, -0.05) is 0 Å². The summed E-state index contributed by atoms with van der Waals surface area (Å²) in [5, 5.41) is 2.73. The van der Waals surface area contributed by atoms with Crippen LogP contribution in [0.2, 0.25) is 5.28 Å². The van der Waals surface area contributed by atoms with E-state index in [1.54, 1.807) is 27.0 Å². The highest BCUT2D eigenvalue weighted by Crippen LogP contribution is 2.21. The van der Waals surface area contributed by atoms with E-state index in [0.29, 0.717) is 5.69 Å². The van der Waals surface area contributed by atoms with E-state index in [4.69, 9.17) is 11.6 Å². The fourth-order valence-electron chi connectivity index (χ4n) is 1.11. The van der Waals surface area contributed by atoms with Gasteiger partial charge in [-0.05, 0) is 31.5 Å². The molecule has 1 aromatic heterocycles. The van der Waals surface area contributed by atoms with E-state index >= 15 is 0 Å². The monoisotopic (exact) mass is 213 g/mol. The van der Waals surface area contributed by atoms with Crippen LogP contribution in [0.3, 0.4) is 0 Å². The van der Waals surface area contributed by atoms with Crippen LogP contribution in [-0.2, 0) is 10.2 Å². The molecule has 0 spiro atoms. The largest absolute Gasteiger partial charge is 0.358 e. The summed E-state index contributed by atoms with van der Waals surface area (Å²) >= 11 is 5.64. The first kappa shape index (κ1) is 10.9. The maximum absolute atomic E-state index is 11.5. The second-order valence-electron chi connectivity index (χ2n) is 3.42. The molecule has 0 atom stereocenters. The molecule has 0 aliphatic rings. The predicted molar refractivity (Wildman–Crippen MR) is 54.1 cm³/mol. The Hall–Kier alpha value is -1.16. The van der Waals surface area contributed by atoms with E-state index in [1.807, 2.05) is 0 Å². The molecule has 0 radical (unpaired) electrons. The van der Waals surface area contributed by atoms with E-state index in [0.717, 1.165) is 0 Å². The van der Waals surface area contributed by atoms with Gasteiger partial charge in [0.2, 0.25) is 11.2 Å². The van der Waals surface area contributed by atoms with Gasteiger partial charge in [-0.2, -0.15) is 0 Å². The van der Waals surface area contributed by atoms with Gasteiger partial charge in [0, 0.05) is 13.2 Å². The van der Waals surface area contributed by atoms with Crippen molar-refractivity contribution in [3.05, 3.63) is 23.2 Å². The van der Waals surface area contributed by atoms with Crippen LogP contribution >= 0.6 is 11.6 Å². The topological polar surface area (TPSA) is 54.9 Å². The van der Waals surface area contributed by atoms with Crippen LogP contribution in [0.1, 0.15) is 19.5 Å². The van der Waals surface area contributed by atoms with Gasteiger partial charge in [-0.25, -0.2) is 9.97 Å². The lowest BCUT2D eigenvalue weighted by molar-refractivity contribution is -0.125. The average Bonchev–Trinajstić information content (AvgIpc) is 2.16. The van der Waals surface area contributed by atoms with Crippen LogP contribution in [0.15, 0.2) is 12.3 Å². The van der Waals surface area contributed by atoms with E-state index < -0.39 is 5.41 Å². The first-order chi connectivity index (χ1) is 6.48. The number of nitrogens with zero attached hydrogens (tertiary/aromatic N) is 2. The molecule has 1 amide bonds. The van der Waals surface area contributed by atoms with Gasteiger partial charge in [-0.15, -0.1) is 0 Å². The number of aromatic nitrogens is 2. The quantitative estimate of drug-likeness (QED) is 0.750. The molecule has 1 N–H and O–H groups in total. The normalized spacial score (nSPS) is 11.1. The lowest BCUT2D eigenvalue weighted by atomic mass is 9.88. The molecular weight excluding hydrogens is 202 g/mol. The van der Waals surface area contributed by atoms with Crippen molar-refractivity contribution in [2.24, 2.45) is 0 Å². The second-order valence-corrected chi connectivity index (χ2v) is 3.75. The zero-order chi connectivity index (χ0) is 10.8. The summed E-state index contributed by atoms with van der Waals surface area (Å²) in [6.07, 6.45) is 1.54. The fraction of sp³-hybridized carbons (Fsp3) is 0.444. The third kappa shape index (κ3) is 2.01. The summed E-state index contributed by atoms with van der Waals surface area (Å²) < 4.78 is 0. The molecule has 0 fully saturated rings. The van der Waals surface area contributed by atoms with Crippen molar-refractivity contribution in [2.75, 3.05) is 7.05 Å². The number of hydrogen-bond donors (Lipinski definition) is 1. The number of rotatable bonds is 2. The molecular formula is C9H12ClN3O. The number of amides is 1. The van der Waals surface area contributed by atoms with E-state index in [9.17, 15) is 4.79 Å². The Balaban J connectivity index is 3.09. The van der Waals surface area contributed by atoms with Gasteiger partial charge in [-0.3, -0.25) is 4.79 Å². The maximum atomic E-state index is 11.5. The van der Waals surface area contributed by atoms with Crippen LogP contribution in [-0.4, -0.2) is 22.9 Å². The summed E-state index contributed by atoms with van der Waals surface area (Å²) in [7, 11) is 1.59. The van der Waals surface area contributed by atoms with E-state index in [-0.39, 0.29) is 11.2 Å². The number of carbonyl (C=O) groups excluding carboxylic acids is 1. The van der Waals surface area contributed by atoms with Crippen molar-refractivity contribution >= 4 is 17.5 Å². The Bertz CT molecular complexity index is 352. The Morgan fingerprint density at radius 1 is 1.57 bits per heavy atom. The van der Waals surface area contributed by atoms with Gasteiger partial charge < -0.3 is 5.32 Å². The summed E-state index contributed by atoms with van der Waals surface area (Å²) in [4.78, 5) is 19.3. The molecule has 0 aromatic carbocycles. The molecule has 0 bridgehead atoms. The van der Waals surface area contributed by atoms with Crippen LogP contribution in [0.5, 0.6) is 0 Å². The third-order valence-electron chi connectivity index (χ3n) is 2.06. The van der Waals surface area contributed by atoms with E-state index in [1.165, 1.54) is 6.20 Å². The van der Waals surface area contributed by atoms with Crippen molar-refractivity contribution in [1.82, 2.24) is 15.3 Å². The minimum Gasteiger partial charge on any atom is -0.358 e. The van der Waals surface area contributed by atoms with Crippen LogP contribution in [0.4, 0.5) is 0 Å². The van der Waals surface area contributed by atoms with Gasteiger partial charge in [0.05, 0.1) is 11.1 Å². The van der Waals surface area contributed by atoms with Crippen molar-refractivity contribution in [3.63, 3.8) is 0 Å². The first-order valence-corrected chi connectivity index (χ1v) is 4.57. The first-order valence-electron chi connectivity index (χ1n) is 4.19. The summed E-state index contributed by atoms with van der Waals surface area (Å²) in [6.45, 7) is 3.56. The lowest BCUT2D eigenvalue weighted by Gasteiger charge is -2.21. The Kier molecular flexibility index (Phi) is 3.06. The minimum absolute atomic E-state index is 0.104. The SMILES string of the molecule is CNC(=O)C(C)(C)c1ccnc(Cl)n1. The molecule has 0 saturated carbocycles. The molecule has 76 valence electrons. The molecule has 0 aliphatic heterocycles. The molecule has 1 aromatic rings. The number of halogens is 1. The minimum atomic E-state index is -0.693. The highest BCUT2D eigenvalue weighted by Gasteiger charge is 2.30. The fourth-order valence-corrected chi connectivity index (χ4v) is 1.26. The van der Waals surface area contributed by atoms with Gasteiger partial charge in [0.25, 0.3) is 0 Å². The predicted octanol–water partition coefficient (Wildman–Crippen LogP) is 1.15. The highest BCUT2D eigenvalue weighted by molar-refractivity contribution is 6.28. The second kappa shape index (κ2) is 3.92. The standard InChI is InChI=1S/C9H12ClN3O/c1-9(2,7(14)11-3)6-4-5-12-8(10)13-6/h4-5H,1-3H3,(H,11,14). The molecule has 1 heterocycles. The van der Waals surface area contributed by atoms with Crippen LogP contribution < -0.4 is 5.32 Å². The molecule has 0 saturated heterocycles. The van der Waals surface area contributed by atoms with Gasteiger partial charge in [0.15, 0.2) is 0 Å². The van der Waals surface area contributed by atoms with Crippen molar-refractivity contribution in [1.29, 1.82) is 0 Å². The third-order valence-corrected chi connectivity index (χ3v) is 2.24. The van der Waals surface area contributed by atoms with Crippen LogP contribution in [0, 0.1) is 0 Å². The molecule has 5 heteroatoms. The summed E-state index contributed by atoms with van der Waals surface area (Å²) in [5.74, 6) is -0.104. The van der Waals surface area contributed by atoms with Crippen molar-refractivity contribution < 1.29 is 4.79 Å². The Morgan fingerprint density at radius 2 is 2.21 bits per heavy atom. The zero-order valence-electron chi connectivity index (χ0n) is 8.34. The summed E-state index contributed by atoms with van der Waals surface area (Å²) in [5.41, 5.74) is -0.0849. The van der Waals surface area contributed by atoms with Gasteiger partial charge >= 0.3 is 0 Å². The Morgan fingerprint density at radius 3 is 2.71 bits per heavy atom. The molecule has 1 rings (SSSR count). The van der Waals surface area contributed by atoms with Crippen molar-refractivity contribution in [2.45, 2.75) is 19.3 Å². The number of carbonyl (C=O) groups is 1. The van der Waals surface area contributed by atoms with Crippen LogP contribution in [0.25, 0.3) is 0 Å². The maximum Gasteiger partial charge on any atom is 0.231 e. The molecule has 14 heavy (non-hydrogen) atoms. The number of hydrogen-bond acceptors (Lipinski definition) is 3. The van der Waals surface area contributed by atoms with Gasteiger partial charge in [0.1, 0.15) is 0 Å².